The highest BCUT2D eigenvalue weighted by molar-refractivity contribution is 9.10. The van der Waals surface area contributed by atoms with Gasteiger partial charge in [-0.25, -0.2) is 8.78 Å². The third-order valence-corrected chi connectivity index (χ3v) is 9.19. The molecule has 1 heterocycles. The van der Waals surface area contributed by atoms with Crippen LogP contribution in [0.1, 0.15) is 51.4 Å². The number of nitrogens with zero attached hydrogens (tertiary/aromatic N) is 1. The van der Waals surface area contributed by atoms with E-state index in [4.69, 9.17) is 33.5 Å². The number of aliphatic hydroxyl groups excluding tert-OH is 1. The molecular formula is C37H55BrF2N2O10S. The Kier molecular flexibility index (Phi) is 19.5. The van der Waals surface area contributed by atoms with E-state index in [0.29, 0.717) is 85.7 Å². The summed E-state index contributed by atoms with van der Waals surface area (Å²) < 4.78 is 84.9. The van der Waals surface area contributed by atoms with Gasteiger partial charge < -0.3 is 43.7 Å². The summed E-state index contributed by atoms with van der Waals surface area (Å²) in [5, 5.41) is 11.5. The Hall–Kier alpha value is -2.15. The van der Waals surface area contributed by atoms with E-state index in [-0.39, 0.29) is 24.8 Å². The lowest BCUT2D eigenvalue weighted by Gasteiger charge is -2.29. The molecule has 300 valence electrons. The predicted molar refractivity (Wildman–Crippen MR) is 200 cm³/mol. The number of piperazine rings is 1. The second kappa shape index (κ2) is 23.7. The Morgan fingerprint density at radius 2 is 1.15 bits per heavy atom. The Balaban J connectivity index is 0.000000168. The first kappa shape index (κ1) is 43.6. The van der Waals surface area contributed by atoms with Gasteiger partial charge in [0.1, 0.15) is 36.3 Å². The molecule has 0 unspecified atom stereocenters. The minimum atomic E-state index is -3.28. The van der Waals surface area contributed by atoms with Gasteiger partial charge in [0.05, 0.1) is 80.5 Å². The fourth-order valence-corrected chi connectivity index (χ4v) is 5.23. The molecule has 0 amide bonds. The highest BCUT2D eigenvalue weighted by atomic mass is 79.9. The number of benzene rings is 2. The van der Waals surface area contributed by atoms with E-state index >= 15 is 0 Å². The number of halogens is 3. The molecule has 12 nitrogen and oxygen atoms in total. The van der Waals surface area contributed by atoms with Crippen molar-refractivity contribution in [2.45, 2.75) is 75.8 Å². The summed E-state index contributed by atoms with van der Waals surface area (Å²) in [5.74, 6) is 0.582. The normalized spacial score (nSPS) is 18.1. The number of nitrogens with one attached hydrogen (secondary N) is 1. The lowest BCUT2D eigenvalue weighted by atomic mass is 10.2. The molecule has 0 atom stereocenters. The van der Waals surface area contributed by atoms with Crippen molar-refractivity contribution in [3.8, 4) is 11.5 Å². The van der Waals surface area contributed by atoms with Crippen molar-refractivity contribution in [2.75, 3.05) is 90.2 Å². The third kappa shape index (κ3) is 20.9. The molecule has 4 aliphatic carbocycles. The van der Waals surface area contributed by atoms with Crippen molar-refractivity contribution in [3.05, 3.63) is 52.5 Å². The van der Waals surface area contributed by atoms with Gasteiger partial charge in [-0.1, -0.05) is 0 Å². The molecular weight excluding hydrogens is 782 g/mol. The number of aliphatic hydroxyl groups is 1. The van der Waals surface area contributed by atoms with Crippen LogP contribution in [0.25, 0.3) is 0 Å². The Morgan fingerprint density at radius 3 is 1.58 bits per heavy atom. The van der Waals surface area contributed by atoms with Crippen LogP contribution in [-0.4, -0.2) is 123 Å². The molecule has 0 radical (unpaired) electrons. The van der Waals surface area contributed by atoms with Gasteiger partial charge >= 0.3 is 0 Å². The van der Waals surface area contributed by atoms with Crippen LogP contribution in [-0.2, 0) is 33.2 Å². The average Bonchev–Trinajstić information content (AvgIpc) is 3.94. The summed E-state index contributed by atoms with van der Waals surface area (Å²) in [7, 11) is -3.28. The molecule has 2 N–H and O–H groups in total. The van der Waals surface area contributed by atoms with Crippen LogP contribution in [0.5, 0.6) is 11.5 Å². The smallest absolute Gasteiger partial charge is 0.264 e. The van der Waals surface area contributed by atoms with Crippen LogP contribution < -0.4 is 19.7 Å². The van der Waals surface area contributed by atoms with Gasteiger partial charge in [0.2, 0.25) is 0 Å². The Labute approximate surface area is 321 Å². The van der Waals surface area contributed by atoms with E-state index in [2.05, 4.69) is 30.3 Å². The third-order valence-electron chi connectivity index (χ3n) is 7.96. The standard InChI is InChI=1S/C15H21FN2O2.C11H12BrFO2.C6H12O4S.C5H10O2/c16-14-11-13(20-10-9-19-12-1-2-12)3-4-15(14)18-7-5-17-6-8-18;12-10-4-3-9(7-11(10)13)15-6-5-14-8-1-2-8;1-11(7,8)10-5-4-9-6-2-3-6;6-3-4-7-5-1-2-5/h3-4,11-12,17H,1-2,5-10H2;3-4,7-8H,1-2,5-6H2;6H,2-5H2,1H3;5-6H,1-4H2. The number of rotatable bonds is 19. The Morgan fingerprint density at radius 1 is 0.698 bits per heavy atom. The molecule has 1 saturated heterocycles. The van der Waals surface area contributed by atoms with Gasteiger partial charge in [0, 0.05) is 38.3 Å². The maximum atomic E-state index is 14.1. The highest BCUT2D eigenvalue weighted by Gasteiger charge is 2.23. The summed E-state index contributed by atoms with van der Waals surface area (Å²) in [4.78, 5) is 2.06. The van der Waals surface area contributed by atoms with Gasteiger partial charge in [0.15, 0.2) is 0 Å². The van der Waals surface area contributed by atoms with E-state index in [1.807, 2.05) is 6.07 Å². The van der Waals surface area contributed by atoms with Crippen molar-refractivity contribution in [3.63, 3.8) is 0 Å². The molecule has 0 aromatic heterocycles. The average molecular weight is 838 g/mol. The van der Waals surface area contributed by atoms with E-state index in [9.17, 15) is 17.2 Å². The van der Waals surface area contributed by atoms with Crippen molar-refractivity contribution >= 4 is 31.7 Å². The highest BCUT2D eigenvalue weighted by Crippen LogP contribution is 2.27. The predicted octanol–water partition coefficient (Wildman–Crippen LogP) is 5.24. The van der Waals surface area contributed by atoms with Gasteiger partial charge in [0.25, 0.3) is 10.1 Å². The van der Waals surface area contributed by atoms with Crippen molar-refractivity contribution in [2.24, 2.45) is 0 Å². The molecule has 5 aliphatic rings. The van der Waals surface area contributed by atoms with E-state index in [1.165, 1.54) is 25.0 Å². The lowest BCUT2D eigenvalue weighted by molar-refractivity contribution is 0.0808. The number of hydrogen-bond donors (Lipinski definition) is 2. The maximum absolute atomic E-state index is 14.1. The maximum Gasteiger partial charge on any atom is 0.264 e. The van der Waals surface area contributed by atoms with Gasteiger partial charge in [-0.15, -0.1) is 0 Å². The molecule has 0 bridgehead atoms. The van der Waals surface area contributed by atoms with Crippen molar-refractivity contribution < 1.29 is 54.9 Å². The zero-order chi connectivity index (χ0) is 37.9. The molecule has 4 saturated carbocycles. The van der Waals surface area contributed by atoms with Crippen molar-refractivity contribution in [1.29, 1.82) is 0 Å². The molecule has 1 aliphatic heterocycles. The molecule has 16 heteroatoms. The quantitative estimate of drug-likeness (QED) is 0.142. The zero-order valence-corrected chi connectivity index (χ0v) is 32.9. The summed E-state index contributed by atoms with van der Waals surface area (Å²) in [5.41, 5.74) is 0.660. The summed E-state index contributed by atoms with van der Waals surface area (Å²) in [6.07, 6.45) is 12.0. The first-order valence-corrected chi connectivity index (χ1v) is 21.1. The first-order valence-electron chi connectivity index (χ1n) is 18.5. The summed E-state index contributed by atoms with van der Waals surface area (Å²) in [6, 6.07) is 9.82. The summed E-state index contributed by atoms with van der Waals surface area (Å²) in [6.45, 7) is 6.76. The SMILES string of the molecule is CS(=O)(=O)OCCOC1CC1.Fc1cc(OCCOC2CC2)ccc1Br.Fc1cc(OCCOC2CC2)ccc1N1CCNCC1.OCCOC1CC1. The number of hydrogen-bond acceptors (Lipinski definition) is 12. The molecule has 0 spiro atoms. The minimum Gasteiger partial charge on any atom is -0.491 e. The Bertz CT molecular complexity index is 1440. The van der Waals surface area contributed by atoms with Gasteiger partial charge in [-0.2, -0.15) is 8.42 Å². The van der Waals surface area contributed by atoms with Gasteiger partial charge in [-0.3, -0.25) is 4.18 Å². The number of ether oxygens (including phenoxy) is 6. The molecule has 2 aromatic rings. The summed E-state index contributed by atoms with van der Waals surface area (Å²) >= 11 is 3.08. The monoisotopic (exact) mass is 836 g/mol. The zero-order valence-electron chi connectivity index (χ0n) is 30.5. The molecule has 5 fully saturated rings. The fraction of sp³-hybridized carbons (Fsp3) is 0.676. The van der Waals surface area contributed by atoms with Crippen LogP contribution >= 0.6 is 15.9 Å². The van der Waals surface area contributed by atoms with E-state index in [0.717, 1.165) is 71.0 Å². The van der Waals surface area contributed by atoms with E-state index in [1.54, 1.807) is 18.2 Å². The number of anilines is 1. The molecule has 2 aromatic carbocycles. The van der Waals surface area contributed by atoms with Crippen LogP contribution in [0.2, 0.25) is 0 Å². The largest absolute Gasteiger partial charge is 0.491 e. The van der Waals surface area contributed by atoms with Crippen LogP contribution in [0, 0.1) is 11.6 Å². The lowest BCUT2D eigenvalue weighted by Crippen LogP contribution is -2.43. The van der Waals surface area contributed by atoms with Crippen molar-refractivity contribution in [1.82, 2.24) is 5.32 Å². The molecule has 53 heavy (non-hydrogen) atoms. The first-order chi connectivity index (χ1) is 25.6. The minimum absolute atomic E-state index is 0.134. The topological polar surface area (TPSA) is 134 Å². The molecule has 7 rings (SSSR count). The fourth-order valence-electron chi connectivity index (χ4n) is 4.61. The van der Waals surface area contributed by atoms with Gasteiger partial charge in [-0.05, 0) is 91.6 Å². The van der Waals surface area contributed by atoms with Crippen LogP contribution in [0.3, 0.4) is 0 Å². The second-order valence-electron chi connectivity index (χ2n) is 13.2. The van der Waals surface area contributed by atoms with Crippen LogP contribution in [0.4, 0.5) is 14.5 Å². The van der Waals surface area contributed by atoms with Crippen LogP contribution in [0.15, 0.2) is 40.9 Å². The van der Waals surface area contributed by atoms with E-state index < -0.39 is 10.1 Å². The second-order valence-corrected chi connectivity index (χ2v) is 15.7.